The number of nitrogens with two attached hydrogens (primary N) is 1. The lowest BCUT2D eigenvalue weighted by Crippen LogP contribution is -2.50. The Morgan fingerprint density at radius 1 is 1.33 bits per heavy atom. The van der Waals surface area contributed by atoms with Gasteiger partial charge in [-0.25, -0.2) is 0 Å². The lowest BCUT2D eigenvalue weighted by atomic mass is 9.92. The molecule has 1 saturated carbocycles. The SMILES string of the molecule is NCCN1CC(NC2CC2)CC(c2cccs2)C1. The first-order chi connectivity index (χ1) is 8.85. The smallest absolute Gasteiger partial charge is 0.0204 e. The molecule has 2 heterocycles. The molecule has 1 aromatic heterocycles. The second-order valence-electron chi connectivity index (χ2n) is 5.63. The van der Waals surface area contributed by atoms with E-state index >= 15 is 0 Å². The summed E-state index contributed by atoms with van der Waals surface area (Å²) in [7, 11) is 0. The minimum atomic E-state index is 0.657. The molecule has 100 valence electrons. The molecule has 3 rings (SSSR count). The Labute approximate surface area is 113 Å². The van der Waals surface area contributed by atoms with Crippen LogP contribution in [-0.4, -0.2) is 43.2 Å². The number of nitrogens with zero attached hydrogens (tertiary/aromatic N) is 1. The molecule has 0 bridgehead atoms. The molecule has 1 saturated heterocycles. The van der Waals surface area contributed by atoms with E-state index in [9.17, 15) is 0 Å². The maximum Gasteiger partial charge on any atom is 0.0204 e. The summed E-state index contributed by atoms with van der Waals surface area (Å²) in [6.45, 7) is 4.16. The summed E-state index contributed by atoms with van der Waals surface area (Å²) in [5.74, 6) is 0.696. The highest BCUT2D eigenvalue weighted by atomic mass is 32.1. The molecule has 0 spiro atoms. The second kappa shape index (κ2) is 5.70. The summed E-state index contributed by atoms with van der Waals surface area (Å²) in [6.07, 6.45) is 4.03. The fourth-order valence-electron chi connectivity index (χ4n) is 2.99. The van der Waals surface area contributed by atoms with Crippen molar-refractivity contribution >= 4 is 11.3 Å². The molecule has 0 radical (unpaired) electrons. The molecule has 3 N–H and O–H groups in total. The maximum atomic E-state index is 5.72. The van der Waals surface area contributed by atoms with E-state index < -0.39 is 0 Å². The van der Waals surface area contributed by atoms with E-state index in [4.69, 9.17) is 5.73 Å². The van der Waals surface area contributed by atoms with Crippen molar-refractivity contribution in [3.8, 4) is 0 Å². The Morgan fingerprint density at radius 3 is 2.89 bits per heavy atom. The minimum Gasteiger partial charge on any atom is -0.329 e. The van der Waals surface area contributed by atoms with Gasteiger partial charge in [0.25, 0.3) is 0 Å². The van der Waals surface area contributed by atoms with Crippen LogP contribution in [0.4, 0.5) is 0 Å². The molecular formula is C14H23N3S. The lowest BCUT2D eigenvalue weighted by molar-refractivity contribution is 0.176. The van der Waals surface area contributed by atoms with Gasteiger partial charge >= 0.3 is 0 Å². The van der Waals surface area contributed by atoms with Gasteiger partial charge in [0, 0.05) is 49.1 Å². The van der Waals surface area contributed by atoms with Crippen LogP contribution in [0, 0.1) is 0 Å². The third-order valence-corrected chi connectivity index (χ3v) is 5.00. The third kappa shape index (κ3) is 3.12. The highest BCUT2D eigenvalue weighted by molar-refractivity contribution is 7.10. The normalized spacial score (nSPS) is 29.6. The average molecular weight is 265 g/mol. The number of rotatable bonds is 5. The van der Waals surface area contributed by atoms with Gasteiger partial charge in [-0.3, -0.25) is 4.90 Å². The first-order valence-electron chi connectivity index (χ1n) is 7.07. The maximum absolute atomic E-state index is 5.72. The molecule has 18 heavy (non-hydrogen) atoms. The van der Waals surface area contributed by atoms with Gasteiger partial charge < -0.3 is 11.1 Å². The van der Waals surface area contributed by atoms with Crippen LogP contribution in [0.2, 0.25) is 0 Å². The third-order valence-electron chi connectivity index (χ3n) is 3.97. The fourth-order valence-corrected chi connectivity index (χ4v) is 3.82. The zero-order chi connectivity index (χ0) is 12.4. The average Bonchev–Trinajstić information content (AvgIpc) is 3.00. The monoisotopic (exact) mass is 265 g/mol. The topological polar surface area (TPSA) is 41.3 Å². The first-order valence-corrected chi connectivity index (χ1v) is 7.95. The standard InChI is InChI=1S/C14H23N3S/c15-5-6-17-9-11(14-2-1-7-18-14)8-13(10-17)16-12-3-4-12/h1-2,7,11-13,16H,3-6,8-10,15H2. The van der Waals surface area contributed by atoms with Gasteiger partial charge in [-0.2, -0.15) is 0 Å². The van der Waals surface area contributed by atoms with Gasteiger partial charge in [0.2, 0.25) is 0 Å². The molecule has 1 aromatic rings. The fraction of sp³-hybridized carbons (Fsp3) is 0.714. The molecule has 1 aliphatic carbocycles. The van der Waals surface area contributed by atoms with E-state index in [1.54, 1.807) is 4.88 Å². The van der Waals surface area contributed by atoms with Gasteiger partial charge in [0.1, 0.15) is 0 Å². The highest BCUT2D eigenvalue weighted by Gasteiger charge is 2.32. The van der Waals surface area contributed by atoms with Crippen LogP contribution in [0.3, 0.4) is 0 Å². The van der Waals surface area contributed by atoms with Crippen LogP contribution in [-0.2, 0) is 0 Å². The van der Waals surface area contributed by atoms with Crippen LogP contribution < -0.4 is 11.1 Å². The molecule has 0 aromatic carbocycles. The van der Waals surface area contributed by atoms with Gasteiger partial charge in [-0.1, -0.05) is 6.07 Å². The van der Waals surface area contributed by atoms with E-state index in [0.29, 0.717) is 12.0 Å². The quantitative estimate of drug-likeness (QED) is 0.850. The van der Waals surface area contributed by atoms with Gasteiger partial charge in [0.15, 0.2) is 0 Å². The zero-order valence-electron chi connectivity index (χ0n) is 10.8. The first kappa shape index (κ1) is 12.6. The molecule has 1 aliphatic heterocycles. The number of hydrogen-bond acceptors (Lipinski definition) is 4. The molecular weight excluding hydrogens is 242 g/mol. The van der Waals surface area contributed by atoms with Crippen LogP contribution >= 0.6 is 11.3 Å². The summed E-state index contributed by atoms with van der Waals surface area (Å²) in [4.78, 5) is 4.08. The van der Waals surface area contributed by atoms with Crippen molar-refractivity contribution in [1.29, 1.82) is 0 Å². The summed E-state index contributed by atoms with van der Waals surface area (Å²) >= 11 is 1.90. The highest BCUT2D eigenvalue weighted by Crippen LogP contribution is 2.31. The Hall–Kier alpha value is -0.420. The van der Waals surface area contributed by atoms with Crippen molar-refractivity contribution in [2.24, 2.45) is 5.73 Å². The molecule has 2 unspecified atom stereocenters. The van der Waals surface area contributed by atoms with E-state index in [-0.39, 0.29) is 0 Å². The summed E-state index contributed by atoms with van der Waals surface area (Å²) in [5.41, 5.74) is 5.72. The number of hydrogen-bond donors (Lipinski definition) is 2. The van der Waals surface area contributed by atoms with Crippen LogP contribution in [0.25, 0.3) is 0 Å². The van der Waals surface area contributed by atoms with E-state index in [2.05, 4.69) is 27.7 Å². The molecule has 2 aliphatic rings. The second-order valence-corrected chi connectivity index (χ2v) is 6.61. The molecule has 2 fully saturated rings. The zero-order valence-corrected chi connectivity index (χ0v) is 11.7. The van der Waals surface area contributed by atoms with Crippen molar-refractivity contribution in [2.45, 2.75) is 37.3 Å². The minimum absolute atomic E-state index is 0.657. The largest absolute Gasteiger partial charge is 0.329 e. The van der Waals surface area contributed by atoms with Crippen molar-refractivity contribution in [1.82, 2.24) is 10.2 Å². The number of thiophene rings is 1. The predicted molar refractivity (Wildman–Crippen MR) is 77.1 cm³/mol. The van der Waals surface area contributed by atoms with E-state index in [0.717, 1.165) is 19.1 Å². The molecule has 3 nitrogen and oxygen atoms in total. The van der Waals surface area contributed by atoms with Gasteiger partial charge in [0.05, 0.1) is 0 Å². The Kier molecular flexibility index (Phi) is 3.99. The van der Waals surface area contributed by atoms with Gasteiger partial charge in [-0.15, -0.1) is 11.3 Å². The Balaban J connectivity index is 1.65. The molecule has 4 heteroatoms. The van der Waals surface area contributed by atoms with Crippen molar-refractivity contribution in [3.05, 3.63) is 22.4 Å². The summed E-state index contributed by atoms with van der Waals surface area (Å²) in [6, 6.07) is 5.92. The van der Waals surface area contributed by atoms with Gasteiger partial charge in [-0.05, 0) is 30.7 Å². The number of likely N-dealkylation sites (tertiary alicyclic amines) is 1. The lowest BCUT2D eigenvalue weighted by Gasteiger charge is -2.38. The van der Waals surface area contributed by atoms with E-state index in [1.807, 2.05) is 11.3 Å². The summed E-state index contributed by atoms with van der Waals surface area (Å²) < 4.78 is 0. The van der Waals surface area contributed by atoms with Crippen molar-refractivity contribution in [3.63, 3.8) is 0 Å². The number of nitrogens with one attached hydrogen (secondary N) is 1. The Bertz CT molecular complexity index is 361. The van der Waals surface area contributed by atoms with Crippen LogP contribution in [0.15, 0.2) is 17.5 Å². The molecule has 0 amide bonds. The molecule has 2 atom stereocenters. The predicted octanol–water partition coefficient (Wildman–Crippen LogP) is 1.62. The van der Waals surface area contributed by atoms with Crippen molar-refractivity contribution < 1.29 is 0 Å². The number of piperidine rings is 1. The van der Waals surface area contributed by atoms with Crippen LogP contribution in [0.5, 0.6) is 0 Å². The summed E-state index contributed by atoms with van der Waals surface area (Å²) in [5, 5.41) is 5.99. The van der Waals surface area contributed by atoms with Crippen LogP contribution in [0.1, 0.15) is 30.1 Å². The van der Waals surface area contributed by atoms with E-state index in [1.165, 1.54) is 32.4 Å². The van der Waals surface area contributed by atoms with Crippen molar-refractivity contribution in [2.75, 3.05) is 26.2 Å². The Morgan fingerprint density at radius 2 is 2.22 bits per heavy atom.